The first kappa shape index (κ1) is 33.5. The van der Waals surface area contributed by atoms with Crippen molar-refractivity contribution in [2.75, 3.05) is 17.1 Å². The lowest BCUT2D eigenvalue weighted by molar-refractivity contribution is -0.122. The minimum atomic E-state index is -4.10. The topological polar surface area (TPSA) is 162 Å². The third-order valence-electron chi connectivity index (χ3n) is 7.35. The summed E-state index contributed by atoms with van der Waals surface area (Å²) in [4.78, 5) is 14.1. The maximum absolute atomic E-state index is 14.0. The van der Waals surface area contributed by atoms with Crippen molar-refractivity contribution in [3.63, 3.8) is 0 Å². The Balaban J connectivity index is 1.58. The summed E-state index contributed by atoms with van der Waals surface area (Å²) in [7, 11) is -2.64. The number of carbonyl (C=O) groups excluding carboxylic acids is 1. The van der Waals surface area contributed by atoms with Gasteiger partial charge in [-0.2, -0.15) is 0 Å². The summed E-state index contributed by atoms with van der Waals surface area (Å²) in [6, 6.07) is 35.2. The molecule has 0 heterocycles. The van der Waals surface area contributed by atoms with E-state index < -0.39 is 22.0 Å². The molecule has 0 aliphatic carbocycles. The number of hydroxylamine groups is 1. The van der Waals surface area contributed by atoms with E-state index in [4.69, 9.17) is 20.1 Å². The normalized spacial score (nSPS) is 11.5. The molecule has 0 spiro atoms. The van der Waals surface area contributed by atoms with Gasteiger partial charge in [0.15, 0.2) is 11.5 Å². The second-order valence-electron chi connectivity index (χ2n) is 10.6. The molecule has 6 N–H and O–H groups in total. The lowest BCUT2D eigenvalue weighted by Crippen LogP contribution is -2.34. The molecule has 12 heteroatoms. The molecule has 5 aromatic carbocycles. The Kier molecular flexibility index (Phi) is 10.9. The van der Waals surface area contributed by atoms with Crippen LogP contribution in [0.3, 0.4) is 0 Å². The van der Waals surface area contributed by atoms with Crippen molar-refractivity contribution in [3.05, 3.63) is 150 Å². The lowest BCUT2D eigenvalue weighted by atomic mass is 10.0. The number of anilines is 2. The van der Waals surface area contributed by atoms with E-state index >= 15 is 0 Å². The minimum absolute atomic E-state index is 0.0343. The van der Waals surface area contributed by atoms with Crippen LogP contribution >= 0.6 is 0 Å². The van der Waals surface area contributed by atoms with Gasteiger partial charge in [0.25, 0.3) is 10.0 Å². The molecule has 0 fully saturated rings. The fourth-order valence-electron chi connectivity index (χ4n) is 4.85. The molecule has 0 aliphatic heterocycles. The van der Waals surface area contributed by atoms with Crippen LogP contribution in [0, 0.1) is 5.41 Å². The van der Waals surface area contributed by atoms with Gasteiger partial charge in [0.2, 0.25) is 5.91 Å². The van der Waals surface area contributed by atoms with Gasteiger partial charge in [-0.15, -0.1) is 0 Å². The highest BCUT2D eigenvalue weighted by Gasteiger charge is 2.28. The summed E-state index contributed by atoms with van der Waals surface area (Å²) in [6.07, 6.45) is 0. The van der Waals surface area contributed by atoms with E-state index in [1.165, 1.54) is 25.3 Å². The van der Waals surface area contributed by atoms with Crippen LogP contribution in [0.5, 0.6) is 11.5 Å². The lowest BCUT2D eigenvalue weighted by Gasteiger charge is -2.25. The van der Waals surface area contributed by atoms with Gasteiger partial charge in [0, 0.05) is 29.4 Å². The van der Waals surface area contributed by atoms with Crippen LogP contribution in [0.25, 0.3) is 0 Å². The van der Waals surface area contributed by atoms with Crippen molar-refractivity contribution < 1.29 is 27.9 Å². The first-order chi connectivity index (χ1) is 23.3. The van der Waals surface area contributed by atoms with Gasteiger partial charge >= 0.3 is 0 Å². The third-order valence-corrected chi connectivity index (χ3v) is 8.73. The van der Waals surface area contributed by atoms with E-state index in [-0.39, 0.29) is 46.6 Å². The van der Waals surface area contributed by atoms with Crippen LogP contribution < -0.4 is 30.3 Å². The molecule has 246 valence electrons. The van der Waals surface area contributed by atoms with E-state index in [9.17, 15) is 13.2 Å². The van der Waals surface area contributed by atoms with Crippen LogP contribution in [0.4, 0.5) is 11.4 Å². The zero-order chi connectivity index (χ0) is 33.9. The number of sulfonamides is 1. The van der Waals surface area contributed by atoms with Crippen molar-refractivity contribution in [3.8, 4) is 11.5 Å². The Labute approximate surface area is 279 Å². The number of nitrogens with one attached hydrogen (secondary N) is 5. The van der Waals surface area contributed by atoms with Gasteiger partial charge < -0.3 is 20.1 Å². The van der Waals surface area contributed by atoms with Crippen molar-refractivity contribution in [2.45, 2.75) is 24.1 Å². The van der Waals surface area contributed by atoms with E-state index in [0.717, 1.165) is 11.1 Å². The fourth-order valence-corrected chi connectivity index (χ4v) is 5.95. The second-order valence-corrected chi connectivity index (χ2v) is 12.3. The maximum Gasteiger partial charge on any atom is 0.261 e. The molecule has 11 nitrogen and oxygen atoms in total. The zero-order valence-electron chi connectivity index (χ0n) is 26.0. The van der Waals surface area contributed by atoms with Gasteiger partial charge in [0.05, 0.1) is 17.7 Å². The van der Waals surface area contributed by atoms with Crippen molar-refractivity contribution in [2.24, 2.45) is 0 Å². The van der Waals surface area contributed by atoms with Gasteiger partial charge in [0.1, 0.15) is 18.5 Å². The first-order valence-corrected chi connectivity index (χ1v) is 16.4. The standard InChI is InChI=1S/C36H35N5O6S/c1-46-32-21-30(31(41-48(44,45)29-15-9-4-10-16-29)22-33(32)47-24-26-13-7-3-8-14-26)34(36(42)38-23-25-11-5-2-6-12-25)39-28-19-17-27(18-20-28)35(37)40-43/h2-22,34,39,41,43H,23-24H2,1H3,(H2,37,40)(H,38,42). The quantitative estimate of drug-likeness (QED) is 0.0489. The molecule has 0 saturated carbocycles. The van der Waals surface area contributed by atoms with Gasteiger partial charge in [-0.3, -0.25) is 25.6 Å². The van der Waals surface area contributed by atoms with Crippen molar-refractivity contribution in [1.29, 1.82) is 5.41 Å². The Morgan fingerprint density at radius 1 is 0.812 bits per heavy atom. The van der Waals surface area contributed by atoms with E-state index in [1.807, 2.05) is 66.1 Å². The molecule has 0 saturated heterocycles. The van der Waals surface area contributed by atoms with Crippen LogP contribution in [-0.4, -0.2) is 32.5 Å². The molecule has 1 amide bonds. The number of rotatable bonds is 14. The van der Waals surface area contributed by atoms with Crippen LogP contribution in [-0.2, 0) is 28.0 Å². The van der Waals surface area contributed by atoms with Crippen LogP contribution in [0.15, 0.2) is 132 Å². The van der Waals surface area contributed by atoms with Crippen molar-refractivity contribution >= 4 is 33.1 Å². The molecule has 0 bridgehead atoms. The summed E-state index contributed by atoms with van der Waals surface area (Å²) in [6.45, 7) is 0.404. The molecule has 0 aromatic heterocycles. The Morgan fingerprint density at radius 2 is 1.42 bits per heavy atom. The number of carbonyl (C=O) groups is 1. The minimum Gasteiger partial charge on any atom is -0.493 e. The number of methoxy groups -OCH3 is 1. The monoisotopic (exact) mass is 665 g/mol. The molecule has 48 heavy (non-hydrogen) atoms. The average molecular weight is 666 g/mol. The predicted octanol–water partition coefficient (Wildman–Crippen LogP) is 5.85. The number of ether oxygens (including phenoxy) is 2. The second kappa shape index (κ2) is 15.6. The summed E-state index contributed by atoms with van der Waals surface area (Å²) in [5, 5.41) is 23.1. The van der Waals surface area contributed by atoms with Crippen LogP contribution in [0.1, 0.15) is 28.3 Å². The summed E-state index contributed by atoms with van der Waals surface area (Å²) < 4.78 is 41.8. The highest BCUT2D eigenvalue weighted by molar-refractivity contribution is 7.92. The number of hydrogen-bond donors (Lipinski definition) is 6. The first-order valence-electron chi connectivity index (χ1n) is 14.9. The third kappa shape index (κ3) is 8.49. The molecular formula is C36H35N5O6S. The van der Waals surface area contributed by atoms with Gasteiger partial charge in [-0.25, -0.2) is 8.42 Å². The molecular weight excluding hydrogens is 630 g/mol. The number of benzene rings is 5. The number of amides is 1. The van der Waals surface area contributed by atoms with Gasteiger partial charge in [-0.1, -0.05) is 78.9 Å². The Bertz CT molecular complexity index is 1940. The highest BCUT2D eigenvalue weighted by atomic mass is 32.2. The molecule has 5 rings (SSSR count). The predicted molar refractivity (Wildman–Crippen MR) is 184 cm³/mol. The Morgan fingerprint density at radius 3 is 2.02 bits per heavy atom. The van der Waals surface area contributed by atoms with E-state index in [2.05, 4.69) is 15.4 Å². The molecule has 1 unspecified atom stereocenters. The molecule has 5 aromatic rings. The highest BCUT2D eigenvalue weighted by Crippen LogP contribution is 2.39. The molecule has 0 aliphatic rings. The zero-order valence-corrected chi connectivity index (χ0v) is 26.8. The average Bonchev–Trinajstić information content (AvgIpc) is 3.13. The number of amidine groups is 1. The van der Waals surface area contributed by atoms with E-state index in [1.54, 1.807) is 48.5 Å². The molecule has 0 radical (unpaired) electrons. The smallest absolute Gasteiger partial charge is 0.261 e. The molecule has 1 atom stereocenters. The Hall–Kier alpha value is -5.85. The summed E-state index contributed by atoms with van der Waals surface area (Å²) >= 11 is 0. The summed E-state index contributed by atoms with van der Waals surface area (Å²) in [5.41, 5.74) is 4.83. The fraction of sp³-hybridized carbons (Fsp3) is 0.111. The van der Waals surface area contributed by atoms with Gasteiger partial charge in [-0.05, 0) is 53.6 Å². The van der Waals surface area contributed by atoms with E-state index in [0.29, 0.717) is 11.3 Å². The van der Waals surface area contributed by atoms with Crippen molar-refractivity contribution in [1.82, 2.24) is 10.8 Å². The van der Waals surface area contributed by atoms with Crippen LogP contribution in [0.2, 0.25) is 0 Å². The number of hydrogen-bond acceptors (Lipinski definition) is 8. The maximum atomic E-state index is 14.0. The summed E-state index contributed by atoms with van der Waals surface area (Å²) in [5.74, 6) is -0.109. The largest absolute Gasteiger partial charge is 0.493 e. The SMILES string of the molecule is COc1cc(C(Nc2ccc(C(=N)NO)cc2)C(=O)NCc2ccccc2)c(NS(=O)(=O)c2ccccc2)cc1OCc1ccccc1.